The van der Waals surface area contributed by atoms with Gasteiger partial charge in [-0.25, -0.2) is 8.42 Å². The average Bonchev–Trinajstić information content (AvgIpc) is 2.60. The van der Waals surface area contributed by atoms with Crippen molar-refractivity contribution in [2.45, 2.75) is 57.4 Å². The van der Waals surface area contributed by atoms with Gasteiger partial charge >= 0.3 is 0 Å². The maximum atomic E-state index is 12.7. The molecular formula is C18H28N2O3S. The molecule has 5 nitrogen and oxygen atoms in total. The normalized spacial score (nSPS) is 17.2. The number of piperidine rings is 1. The predicted octanol–water partition coefficient (Wildman–Crippen LogP) is 2.70. The molecule has 0 aliphatic carbocycles. The van der Waals surface area contributed by atoms with E-state index in [9.17, 15) is 13.2 Å². The molecule has 0 spiro atoms. The maximum Gasteiger partial charge on any atom is 0.243 e. The van der Waals surface area contributed by atoms with Gasteiger partial charge in [0, 0.05) is 25.0 Å². The SMILES string of the molecule is CCC(CC)NC(=O)C1CCN(S(=O)(=O)c2ccc(C)cc2)CC1. The number of carbonyl (C=O) groups excluding carboxylic acids is 1. The van der Waals surface area contributed by atoms with Gasteiger partial charge in [-0.05, 0) is 44.7 Å². The highest BCUT2D eigenvalue weighted by molar-refractivity contribution is 7.89. The number of sulfonamides is 1. The summed E-state index contributed by atoms with van der Waals surface area (Å²) in [6, 6.07) is 7.13. The fourth-order valence-electron chi connectivity index (χ4n) is 3.03. The zero-order chi connectivity index (χ0) is 17.7. The summed E-state index contributed by atoms with van der Waals surface area (Å²) in [5.74, 6) is -0.0221. The second kappa shape index (κ2) is 8.12. The molecule has 2 rings (SSSR count). The molecule has 1 aromatic rings. The molecule has 0 saturated carbocycles. The summed E-state index contributed by atoms with van der Waals surface area (Å²) >= 11 is 0. The Morgan fingerprint density at radius 2 is 1.71 bits per heavy atom. The molecule has 6 heteroatoms. The fourth-order valence-corrected chi connectivity index (χ4v) is 4.50. The summed E-state index contributed by atoms with van der Waals surface area (Å²) in [5.41, 5.74) is 1.03. The van der Waals surface area contributed by atoms with Crippen LogP contribution in [0.5, 0.6) is 0 Å². The summed E-state index contributed by atoms with van der Waals surface area (Å²) in [7, 11) is -3.46. The average molecular weight is 353 g/mol. The van der Waals surface area contributed by atoms with Gasteiger partial charge in [-0.15, -0.1) is 0 Å². The van der Waals surface area contributed by atoms with Crippen molar-refractivity contribution < 1.29 is 13.2 Å². The van der Waals surface area contributed by atoms with Crippen molar-refractivity contribution in [2.24, 2.45) is 5.92 Å². The molecular weight excluding hydrogens is 324 g/mol. The monoisotopic (exact) mass is 352 g/mol. The summed E-state index contributed by atoms with van der Waals surface area (Å²) in [4.78, 5) is 12.6. The van der Waals surface area contributed by atoms with E-state index in [0.717, 1.165) is 18.4 Å². The smallest absolute Gasteiger partial charge is 0.243 e. The minimum Gasteiger partial charge on any atom is -0.353 e. The number of hydrogen-bond acceptors (Lipinski definition) is 3. The van der Waals surface area contributed by atoms with Crippen LogP contribution in [-0.4, -0.2) is 37.8 Å². The number of nitrogens with zero attached hydrogens (tertiary/aromatic N) is 1. The third-order valence-electron chi connectivity index (χ3n) is 4.82. The zero-order valence-electron chi connectivity index (χ0n) is 14.8. The van der Waals surface area contributed by atoms with Crippen molar-refractivity contribution in [1.82, 2.24) is 9.62 Å². The van der Waals surface area contributed by atoms with Gasteiger partial charge in [0.15, 0.2) is 0 Å². The number of rotatable bonds is 6. The minimum absolute atomic E-state index is 0.0658. The number of nitrogens with one attached hydrogen (secondary N) is 1. The topological polar surface area (TPSA) is 66.5 Å². The number of aryl methyl sites for hydroxylation is 1. The second-order valence-electron chi connectivity index (χ2n) is 6.51. The van der Waals surface area contributed by atoms with E-state index >= 15 is 0 Å². The highest BCUT2D eigenvalue weighted by Crippen LogP contribution is 2.24. The molecule has 1 aliphatic rings. The summed E-state index contributed by atoms with van der Waals surface area (Å²) in [6.07, 6.45) is 3.00. The van der Waals surface area contributed by atoms with E-state index in [1.807, 2.05) is 19.1 Å². The van der Waals surface area contributed by atoms with Crippen LogP contribution in [0.15, 0.2) is 29.2 Å². The Balaban J connectivity index is 1.97. The van der Waals surface area contributed by atoms with E-state index in [-0.39, 0.29) is 17.9 Å². The van der Waals surface area contributed by atoms with Crippen LogP contribution >= 0.6 is 0 Å². The Kier molecular flexibility index (Phi) is 6.40. The first kappa shape index (κ1) is 18.9. The third kappa shape index (κ3) is 4.36. The first-order chi connectivity index (χ1) is 11.4. The zero-order valence-corrected chi connectivity index (χ0v) is 15.6. The molecule has 1 fully saturated rings. The molecule has 0 aromatic heterocycles. The quantitative estimate of drug-likeness (QED) is 0.856. The lowest BCUT2D eigenvalue weighted by atomic mass is 9.96. The van der Waals surface area contributed by atoms with E-state index in [4.69, 9.17) is 0 Å². The largest absolute Gasteiger partial charge is 0.353 e. The molecule has 1 aliphatic heterocycles. The van der Waals surface area contributed by atoms with Crippen LogP contribution in [0.3, 0.4) is 0 Å². The Hall–Kier alpha value is -1.40. The van der Waals surface area contributed by atoms with Gasteiger partial charge in [0.1, 0.15) is 0 Å². The predicted molar refractivity (Wildman–Crippen MR) is 95.2 cm³/mol. The van der Waals surface area contributed by atoms with Crippen molar-refractivity contribution in [2.75, 3.05) is 13.1 Å². The molecule has 1 aromatic carbocycles. The van der Waals surface area contributed by atoms with Crippen molar-refractivity contribution in [3.63, 3.8) is 0 Å². The fraction of sp³-hybridized carbons (Fsp3) is 0.611. The minimum atomic E-state index is -3.46. The van der Waals surface area contributed by atoms with Gasteiger partial charge in [0.2, 0.25) is 15.9 Å². The van der Waals surface area contributed by atoms with E-state index in [2.05, 4.69) is 19.2 Å². The van der Waals surface area contributed by atoms with Gasteiger partial charge in [-0.1, -0.05) is 31.5 Å². The van der Waals surface area contributed by atoms with E-state index in [1.54, 1.807) is 12.1 Å². The Morgan fingerprint density at radius 3 is 2.21 bits per heavy atom. The highest BCUT2D eigenvalue weighted by atomic mass is 32.2. The van der Waals surface area contributed by atoms with Gasteiger partial charge < -0.3 is 5.32 Å². The van der Waals surface area contributed by atoms with Gasteiger partial charge in [0.05, 0.1) is 4.90 Å². The molecule has 0 unspecified atom stereocenters. The lowest BCUT2D eigenvalue weighted by molar-refractivity contribution is -0.126. The van der Waals surface area contributed by atoms with Crippen LogP contribution in [0.2, 0.25) is 0 Å². The molecule has 1 saturated heterocycles. The van der Waals surface area contributed by atoms with Gasteiger partial charge in [-0.2, -0.15) is 4.31 Å². The van der Waals surface area contributed by atoms with Crippen LogP contribution in [0.4, 0.5) is 0 Å². The first-order valence-corrected chi connectivity index (χ1v) is 10.2. The van der Waals surface area contributed by atoms with Crippen LogP contribution in [0, 0.1) is 12.8 Å². The third-order valence-corrected chi connectivity index (χ3v) is 6.73. The maximum absolute atomic E-state index is 12.7. The summed E-state index contributed by atoms with van der Waals surface area (Å²) < 4.78 is 26.8. The van der Waals surface area contributed by atoms with Crippen LogP contribution in [-0.2, 0) is 14.8 Å². The lowest BCUT2D eigenvalue weighted by Crippen LogP contribution is -2.45. The number of carbonyl (C=O) groups is 1. The van der Waals surface area contributed by atoms with Crippen molar-refractivity contribution in [3.05, 3.63) is 29.8 Å². The molecule has 0 radical (unpaired) electrons. The van der Waals surface area contributed by atoms with E-state index in [1.165, 1.54) is 4.31 Å². The van der Waals surface area contributed by atoms with Gasteiger partial charge in [0.25, 0.3) is 0 Å². The Morgan fingerprint density at radius 1 is 1.17 bits per heavy atom. The highest BCUT2D eigenvalue weighted by Gasteiger charge is 2.32. The Bertz CT molecular complexity index is 643. The first-order valence-electron chi connectivity index (χ1n) is 8.75. The summed E-state index contributed by atoms with van der Waals surface area (Å²) in [6.45, 7) is 6.85. The number of amides is 1. The van der Waals surface area contributed by atoms with Crippen LogP contribution in [0.25, 0.3) is 0 Å². The molecule has 0 atom stereocenters. The molecule has 1 N–H and O–H groups in total. The second-order valence-corrected chi connectivity index (χ2v) is 8.45. The summed E-state index contributed by atoms with van der Waals surface area (Å²) in [5, 5.41) is 3.07. The number of hydrogen-bond donors (Lipinski definition) is 1. The van der Waals surface area contributed by atoms with Crippen LogP contribution in [0.1, 0.15) is 45.1 Å². The number of benzene rings is 1. The lowest BCUT2D eigenvalue weighted by Gasteiger charge is -2.31. The van der Waals surface area contributed by atoms with Crippen molar-refractivity contribution in [3.8, 4) is 0 Å². The molecule has 1 amide bonds. The van der Waals surface area contributed by atoms with Crippen molar-refractivity contribution in [1.29, 1.82) is 0 Å². The van der Waals surface area contributed by atoms with E-state index in [0.29, 0.717) is 30.8 Å². The van der Waals surface area contributed by atoms with Gasteiger partial charge in [-0.3, -0.25) is 4.79 Å². The molecule has 0 bridgehead atoms. The molecule has 24 heavy (non-hydrogen) atoms. The van der Waals surface area contributed by atoms with Crippen LogP contribution < -0.4 is 5.32 Å². The molecule has 134 valence electrons. The standard InChI is InChI=1S/C18H28N2O3S/c1-4-16(5-2)19-18(21)15-10-12-20(13-11-15)24(22,23)17-8-6-14(3)7-9-17/h6-9,15-16H,4-5,10-13H2,1-3H3,(H,19,21). The molecule has 1 heterocycles. The van der Waals surface area contributed by atoms with Crippen molar-refractivity contribution >= 4 is 15.9 Å². The van der Waals surface area contributed by atoms with E-state index < -0.39 is 10.0 Å². The Labute approximate surface area is 145 Å².